The van der Waals surface area contributed by atoms with E-state index in [1.807, 2.05) is 0 Å². The van der Waals surface area contributed by atoms with Gasteiger partial charge in [-0.25, -0.2) is 4.98 Å². The van der Waals surface area contributed by atoms with Gasteiger partial charge in [0.1, 0.15) is 0 Å². The van der Waals surface area contributed by atoms with Gasteiger partial charge >= 0.3 is 0 Å². The van der Waals surface area contributed by atoms with Crippen LogP contribution in [0.1, 0.15) is 18.4 Å². The molecular weight excluding hydrogens is 380 g/mol. The van der Waals surface area contributed by atoms with Crippen molar-refractivity contribution >= 4 is 28.4 Å². The summed E-state index contributed by atoms with van der Waals surface area (Å²) in [6, 6.07) is 19.9. The van der Waals surface area contributed by atoms with Crippen LogP contribution in [0.5, 0.6) is 0 Å². The number of benzene rings is 1. The Hall–Kier alpha value is -2.43. The standard InChI is InChI=1S/C24H22N2S2/c1-17-14-19(26-10-2-3-11-26)8-9-20(17)18-15-21(23-6-4-12-27-23)25-22(16-18)24-7-5-13-28-24/h4-9,12-16H,2-3,10-11H2,1H3. The first kappa shape index (κ1) is 17.7. The molecule has 2 nitrogen and oxygen atoms in total. The molecule has 140 valence electrons. The van der Waals surface area contributed by atoms with E-state index in [4.69, 9.17) is 4.98 Å². The lowest BCUT2D eigenvalue weighted by Gasteiger charge is -2.19. The van der Waals surface area contributed by atoms with E-state index in [0.717, 1.165) is 11.4 Å². The predicted octanol–water partition coefficient (Wildman–Crippen LogP) is 7.11. The van der Waals surface area contributed by atoms with Crippen molar-refractivity contribution in [1.82, 2.24) is 4.98 Å². The van der Waals surface area contributed by atoms with Crippen LogP contribution in [-0.2, 0) is 0 Å². The molecule has 0 N–H and O–H groups in total. The Kier molecular flexibility index (Phi) is 4.75. The number of thiophene rings is 2. The van der Waals surface area contributed by atoms with Gasteiger partial charge in [-0.3, -0.25) is 0 Å². The summed E-state index contributed by atoms with van der Waals surface area (Å²) in [7, 11) is 0. The van der Waals surface area contributed by atoms with Crippen LogP contribution in [0, 0.1) is 6.92 Å². The van der Waals surface area contributed by atoms with Crippen molar-refractivity contribution < 1.29 is 0 Å². The van der Waals surface area contributed by atoms with Crippen molar-refractivity contribution in [3.8, 4) is 32.3 Å². The molecule has 0 spiro atoms. The summed E-state index contributed by atoms with van der Waals surface area (Å²) in [5.74, 6) is 0. The fraction of sp³-hybridized carbons (Fsp3) is 0.208. The normalized spacial score (nSPS) is 14.0. The van der Waals surface area contributed by atoms with E-state index in [2.05, 4.69) is 77.2 Å². The molecule has 1 fully saturated rings. The van der Waals surface area contributed by atoms with Crippen molar-refractivity contribution in [2.75, 3.05) is 18.0 Å². The SMILES string of the molecule is Cc1cc(N2CCCC2)ccc1-c1cc(-c2cccs2)nc(-c2cccs2)c1. The summed E-state index contributed by atoms with van der Waals surface area (Å²) in [4.78, 5) is 9.89. The molecule has 28 heavy (non-hydrogen) atoms. The second-order valence-electron chi connectivity index (χ2n) is 7.27. The van der Waals surface area contributed by atoms with Gasteiger partial charge in [0.05, 0.1) is 21.1 Å². The Morgan fingerprint density at radius 1 is 0.821 bits per heavy atom. The molecule has 5 rings (SSSR count). The van der Waals surface area contributed by atoms with Gasteiger partial charge in [-0.05, 0) is 83.6 Å². The van der Waals surface area contributed by atoms with Gasteiger partial charge in [-0.2, -0.15) is 0 Å². The second-order valence-corrected chi connectivity index (χ2v) is 9.17. The van der Waals surface area contributed by atoms with Crippen LogP contribution in [0.3, 0.4) is 0 Å². The number of rotatable bonds is 4. The van der Waals surface area contributed by atoms with Crippen LogP contribution in [-0.4, -0.2) is 18.1 Å². The van der Waals surface area contributed by atoms with Gasteiger partial charge in [0.25, 0.3) is 0 Å². The third-order valence-corrected chi connectivity index (χ3v) is 7.15. The molecule has 4 heteroatoms. The quantitative estimate of drug-likeness (QED) is 0.361. The maximum absolute atomic E-state index is 4.97. The Bertz CT molecular complexity index is 1020. The molecule has 1 aromatic carbocycles. The highest BCUT2D eigenvalue weighted by Crippen LogP contribution is 2.35. The van der Waals surface area contributed by atoms with Crippen LogP contribution < -0.4 is 4.90 Å². The minimum absolute atomic E-state index is 1.05. The van der Waals surface area contributed by atoms with Gasteiger partial charge in [0, 0.05) is 18.8 Å². The fourth-order valence-corrected chi connectivity index (χ4v) is 5.30. The first-order valence-electron chi connectivity index (χ1n) is 9.74. The summed E-state index contributed by atoms with van der Waals surface area (Å²) in [5, 5.41) is 4.23. The minimum atomic E-state index is 1.05. The zero-order valence-electron chi connectivity index (χ0n) is 15.9. The van der Waals surface area contributed by atoms with Crippen molar-refractivity contribution in [2.24, 2.45) is 0 Å². The van der Waals surface area contributed by atoms with Gasteiger partial charge in [0.15, 0.2) is 0 Å². The number of anilines is 1. The molecular formula is C24H22N2S2. The summed E-state index contributed by atoms with van der Waals surface area (Å²) in [6.07, 6.45) is 2.61. The van der Waals surface area contributed by atoms with Crippen molar-refractivity contribution in [3.63, 3.8) is 0 Å². The van der Waals surface area contributed by atoms with Crippen molar-refractivity contribution in [1.29, 1.82) is 0 Å². The second kappa shape index (κ2) is 7.53. The van der Waals surface area contributed by atoms with E-state index in [-0.39, 0.29) is 0 Å². The monoisotopic (exact) mass is 402 g/mol. The maximum atomic E-state index is 4.97. The maximum Gasteiger partial charge on any atom is 0.0815 e. The number of hydrogen-bond acceptors (Lipinski definition) is 4. The van der Waals surface area contributed by atoms with E-state index >= 15 is 0 Å². The van der Waals surface area contributed by atoms with Crippen LogP contribution in [0.15, 0.2) is 65.4 Å². The summed E-state index contributed by atoms with van der Waals surface area (Å²) in [6.45, 7) is 4.59. The fourth-order valence-electron chi connectivity index (χ4n) is 3.93. The average molecular weight is 403 g/mol. The highest BCUT2D eigenvalue weighted by atomic mass is 32.1. The zero-order chi connectivity index (χ0) is 18.9. The molecule has 1 saturated heterocycles. The van der Waals surface area contributed by atoms with E-state index in [9.17, 15) is 0 Å². The predicted molar refractivity (Wildman–Crippen MR) is 122 cm³/mol. The lowest BCUT2D eigenvalue weighted by molar-refractivity contribution is 0.949. The van der Waals surface area contributed by atoms with Crippen LogP contribution in [0.25, 0.3) is 32.3 Å². The molecule has 0 saturated carbocycles. The number of nitrogens with zero attached hydrogens (tertiary/aromatic N) is 2. The molecule has 3 aromatic heterocycles. The Balaban J connectivity index is 1.61. The zero-order valence-corrected chi connectivity index (χ0v) is 17.5. The Labute approximate surface area is 174 Å². The van der Waals surface area contributed by atoms with Gasteiger partial charge < -0.3 is 4.90 Å². The molecule has 0 atom stereocenters. The summed E-state index contributed by atoms with van der Waals surface area (Å²) in [5.41, 5.74) is 7.32. The average Bonchev–Trinajstić information content (AvgIpc) is 3.51. The molecule has 0 unspecified atom stereocenters. The van der Waals surface area contributed by atoms with Crippen LogP contribution >= 0.6 is 22.7 Å². The Morgan fingerprint density at radius 3 is 2.00 bits per heavy atom. The molecule has 4 aromatic rings. The first-order valence-corrected chi connectivity index (χ1v) is 11.5. The van der Waals surface area contributed by atoms with Crippen molar-refractivity contribution in [3.05, 3.63) is 70.9 Å². The van der Waals surface area contributed by atoms with Gasteiger partial charge in [0.2, 0.25) is 0 Å². The van der Waals surface area contributed by atoms with Gasteiger partial charge in [-0.1, -0.05) is 18.2 Å². The Morgan fingerprint density at radius 2 is 1.46 bits per heavy atom. The number of pyridine rings is 1. The van der Waals surface area contributed by atoms with E-state index < -0.39 is 0 Å². The molecule has 0 radical (unpaired) electrons. The van der Waals surface area contributed by atoms with E-state index in [1.165, 1.54) is 58.1 Å². The summed E-state index contributed by atoms with van der Waals surface area (Å²) < 4.78 is 0. The lowest BCUT2D eigenvalue weighted by atomic mass is 9.98. The molecule has 1 aliphatic heterocycles. The number of hydrogen-bond donors (Lipinski definition) is 0. The third kappa shape index (κ3) is 3.38. The van der Waals surface area contributed by atoms with E-state index in [0.29, 0.717) is 0 Å². The molecule has 0 amide bonds. The highest BCUT2D eigenvalue weighted by molar-refractivity contribution is 7.13. The smallest absolute Gasteiger partial charge is 0.0815 e. The number of aryl methyl sites for hydroxylation is 1. The third-order valence-electron chi connectivity index (χ3n) is 5.36. The molecule has 4 heterocycles. The van der Waals surface area contributed by atoms with E-state index in [1.54, 1.807) is 22.7 Å². The largest absolute Gasteiger partial charge is 0.372 e. The summed E-state index contributed by atoms with van der Waals surface area (Å²) >= 11 is 3.49. The molecule has 0 bridgehead atoms. The van der Waals surface area contributed by atoms with Crippen LogP contribution in [0.4, 0.5) is 5.69 Å². The molecule has 1 aliphatic rings. The lowest BCUT2D eigenvalue weighted by Crippen LogP contribution is -2.17. The van der Waals surface area contributed by atoms with Crippen LogP contribution in [0.2, 0.25) is 0 Å². The first-order chi connectivity index (χ1) is 13.8. The van der Waals surface area contributed by atoms with Crippen molar-refractivity contribution in [2.45, 2.75) is 19.8 Å². The minimum Gasteiger partial charge on any atom is -0.372 e. The highest BCUT2D eigenvalue weighted by Gasteiger charge is 2.15. The van der Waals surface area contributed by atoms with Gasteiger partial charge in [-0.15, -0.1) is 22.7 Å². The molecule has 0 aliphatic carbocycles. The topological polar surface area (TPSA) is 16.1 Å². The number of aromatic nitrogens is 1.